The van der Waals surface area contributed by atoms with Crippen molar-refractivity contribution in [3.05, 3.63) is 59.8 Å². The van der Waals surface area contributed by atoms with Crippen LogP contribution in [0.4, 0.5) is 5.82 Å². The standard InChI is InChI=1S/C18H17N3O2/c1-2-11-23-16-8-4-3-7-14(16)12-15(13-19)18(22)21-17-9-5-6-10-20-17/h3-10,12H,2,11H2,1H3,(H,20,21,22). The van der Waals surface area contributed by atoms with Gasteiger partial charge in [-0.05, 0) is 30.7 Å². The smallest absolute Gasteiger partial charge is 0.267 e. The fourth-order valence-electron chi connectivity index (χ4n) is 1.87. The summed E-state index contributed by atoms with van der Waals surface area (Å²) in [5.41, 5.74) is 0.678. The summed E-state index contributed by atoms with van der Waals surface area (Å²) in [6.45, 7) is 2.59. The number of pyridine rings is 1. The third-order valence-corrected chi connectivity index (χ3v) is 2.95. The van der Waals surface area contributed by atoms with Gasteiger partial charge < -0.3 is 10.1 Å². The van der Waals surface area contributed by atoms with Gasteiger partial charge in [0.2, 0.25) is 0 Å². The minimum Gasteiger partial charge on any atom is -0.493 e. The summed E-state index contributed by atoms with van der Waals surface area (Å²) in [5.74, 6) is 0.540. The maximum Gasteiger partial charge on any atom is 0.267 e. The van der Waals surface area contributed by atoms with Crippen molar-refractivity contribution < 1.29 is 9.53 Å². The van der Waals surface area contributed by atoms with E-state index in [9.17, 15) is 10.1 Å². The Hall–Kier alpha value is -3.13. The highest BCUT2D eigenvalue weighted by molar-refractivity contribution is 6.09. The molecule has 0 aliphatic carbocycles. The fraction of sp³-hybridized carbons (Fsp3) is 0.167. The van der Waals surface area contributed by atoms with Gasteiger partial charge in [0.1, 0.15) is 23.2 Å². The Morgan fingerprint density at radius 3 is 2.78 bits per heavy atom. The van der Waals surface area contributed by atoms with Crippen molar-refractivity contribution in [1.82, 2.24) is 4.98 Å². The lowest BCUT2D eigenvalue weighted by atomic mass is 10.1. The Kier molecular flexibility index (Phi) is 5.89. The zero-order valence-electron chi connectivity index (χ0n) is 12.8. The van der Waals surface area contributed by atoms with Crippen LogP contribution in [-0.4, -0.2) is 17.5 Å². The van der Waals surface area contributed by atoms with E-state index >= 15 is 0 Å². The molecule has 0 saturated heterocycles. The average Bonchev–Trinajstić information content (AvgIpc) is 2.59. The van der Waals surface area contributed by atoms with Crippen LogP contribution in [-0.2, 0) is 4.79 Å². The largest absolute Gasteiger partial charge is 0.493 e. The van der Waals surface area contributed by atoms with Gasteiger partial charge in [-0.25, -0.2) is 4.98 Å². The molecule has 116 valence electrons. The summed E-state index contributed by atoms with van der Waals surface area (Å²) < 4.78 is 5.63. The molecule has 0 radical (unpaired) electrons. The Labute approximate surface area is 135 Å². The Morgan fingerprint density at radius 1 is 1.30 bits per heavy atom. The molecule has 0 atom stereocenters. The zero-order valence-corrected chi connectivity index (χ0v) is 12.8. The van der Waals surface area contributed by atoms with Crippen molar-refractivity contribution in [2.24, 2.45) is 0 Å². The number of nitrogens with one attached hydrogen (secondary N) is 1. The van der Waals surface area contributed by atoms with Gasteiger partial charge in [-0.2, -0.15) is 5.26 Å². The number of benzene rings is 1. The molecule has 2 aromatic rings. The molecule has 0 fully saturated rings. The number of nitrogens with zero attached hydrogens (tertiary/aromatic N) is 2. The summed E-state index contributed by atoms with van der Waals surface area (Å²) in [6, 6.07) is 14.4. The van der Waals surface area contributed by atoms with Gasteiger partial charge in [0.25, 0.3) is 5.91 Å². The van der Waals surface area contributed by atoms with Gasteiger partial charge in [0.15, 0.2) is 0 Å². The lowest BCUT2D eigenvalue weighted by molar-refractivity contribution is -0.112. The highest BCUT2D eigenvalue weighted by Gasteiger charge is 2.11. The van der Waals surface area contributed by atoms with Gasteiger partial charge in [-0.3, -0.25) is 4.79 Å². The molecule has 0 spiro atoms. The first-order chi connectivity index (χ1) is 11.2. The number of carbonyl (C=O) groups excluding carboxylic acids is 1. The normalized spacial score (nSPS) is 10.7. The number of anilines is 1. The molecular weight excluding hydrogens is 290 g/mol. The van der Waals surface area contributed by atoms with Gasteiger partial charge in [-0.15, -0.1) is 0 Å². The fourth-order valence-corrected chi connectivity index (χ4v) is 1.87. The van der Waals surface area contributed by atoms with E-state index in [0.717, 1.165) is 6.42 Å². The lowest BCUT2D eigenvalue weighted by Crippen LogP contribution is -2.14. The summed E-state index contributed by atoms with van der Waals surface area (Å²) in [5, 5.41) is 11.9. The first kappa shape index (κ1) is 16.2. The number of hydrogen-bond donors (Lipinski definition) is 1. The predicted molar refractivity (Wildman–Crippen MR) is 88.7 cm³/mol. The molecule has 1 aromatic carbocycles. The zero-order chi connectivity index (χ0) is 16.5. The number of para-hydroxylation sites is 1. The second-order valence-electron chi connectivity index (χ2n) is 4.73. The van der Waals surface area contributed by atoms with E-state index in [1.54, 1.807) is 30.5 Å². The highest BCUT2D eigenvalue weighted by Crippen LogP contribution is 2.21. The molecule has 0 aliphatic rings. The third-order valence-electron chi connectivity index (χ3n) is 2.95. The predicted octanol–water partition coefficient (Wildman–Crippen LogP) is 3.42. The first-order valence-corrected chi connectivity index (χ1v) is 7.30. The van der Waals surface area contributed by atoms with Crippen LogP contribution >= 0.6 is 0 Å². The monoisotopic (exact) mass is 307 g/mol. The number of amides is 1. The SMILES string of the molecule is CCCOc1ccccc1C=C(C#N)C(=O)Nc1ccccn1. The minimum absolute atomic E-state index is 0.0109. The third kappa shape index (κ3) is 4.68. The van der Waals surface area contributed by atoms with Crippen LogP contribution in [0.5, 0.6) is 5.75 Å². The van der Waals surface area contributed by atoms with Gasteiger partial charge in [0.05, 0.1) is 6.61 Å². The maximum atomic E-state index is 12.2. The molecule has 0 aliphatic heterocycles. The van der Waals surface area contributed by atoms with Crippen LogP contribution in [0.25, 0.3) is 6.08 Å². The molecule has 1 N–H and O–H groups in total. The van der Waals surface area contributed by atoms with E-state index < -0.39 is 5.91 Å². The van der Waals surface area contributed by atoms with Crippen LogP contribution in [0.2, 0.25) is 0 Å². The Morgan fingerprint density at radius 2 is 2.09 bits per heavy atom. The quantitative estimate of drug-likeness (QED) is 0.655. The van der Waals surface area contributed by atoms with Gasteiger partial charge in [0, 0.05) is 11.8 Å². The molecule has 0 saturated carbocycles. The van der Waals surface area contributed by atoms with Crippen molar-refractivity contribution in [3.8, 4) is 11.8 Å². The summed E-state index contributed by atoms with van der Waals surface area (Å²) >= 11 is 0. The summed E-state index contributed by atoms with van der Waals surface area (Å²) in [7, 11) is 0. The summed E-state index contributed by atoms with van der Waals surface area (Å²) in [4.78, 5) is 16.2. The molecule has 1 heterocycles. The second kappa shape index (κ2) is 8.35. The molecule has 1 aromatic heterocycles. The highest BCUT2D eigenvalue weighted by atomic mass is 16.5. The van der Waals surface area contributed by atoms with Crippen LogP contribution in [0.1, 0.15) is 18.9 Å². The van der Waals surface area contributed by atoms with E-state index in [4.69, 9.17) is 4.74 Å². The maximum absolute atomic E-state index is 12.2. The Balaban J connectivity index is 2.22. The van der Waals surface area contributed by atoms with Gasteiger partial charge in [-0.1, -0.05) is 31.2 Å². The molecule has 0 bridgehead atoms. The second-order valence-corrected chi connectivity index (χ2v) is 4.73. The molecule has 5 nitrogen and oxygen atoms in total. The molecule has 23 heavy (non-hydrogen) atoms. The van der Waals surface area contributed by atoms with Crippen molar-refractivity contribution >= 4 is 17.8 Å². The Bertz CT molecular complexity index is 733. The number of hydrogen-bond acceptors (Lipinski definition) is 4. The number of ether oxygens (including phenoxy) is 1. The molecule has 2 rings (SSSR count). The van der Waals surface area contributed by atoms with Gasteiger partial charge >= 0.3 is 0 Å². The van der Waals surface area contributed by atoms with Crippen molar-refractivity contribution in [1.29, 1.82) is 5.26 Å². The van der Waals surface area contributed by atoms with E-state index in [1.807, 2.05) is 31.2 Å². The first-order valence-electron chi connectivity index (χ1n) is 7.30. The molecule has 0 unspecified atom stereocenters. The van der Waals surface area contributed by atoms with Crippen LogP contribution in [0.15, 0.2) is 54.2 Å². The van der Waals surface area contributed by atoms with E-state index in [2.05, 4.69) is 10.3 Å². The lowest BCUT2D eigenvalue weighted by Gasteiger charge is -2.08. The number of carbonyl (C=O) groups is 1. The van der Waals surface area contributed by atoms with Crippen LogP contribution in [0, 0.1) is 11.3 Å². The number of rotatable bonds is 6. The molecule has 5 heteroatoms. The van der Waals surface area contributed by atoms with Crippen LogP contribution in [0.3, 0.4) is 0 Å². The van der Waals surface area contributed by atoms with E-state index in [1.165, 1.54) is 6.08 Å². The van der Waals surface area contributed by atoms with Crippen molar-refractivity contribution in [2.45, 2.75) is 13.3 Å². The molecular formula is C18H17N3O2. The minimum atomic E-state index is -0.503. The average molecular weight is 307 g/mol. The number of nitriles is 1. The van der Waals surface area contributed by atoms with E-state index in [0.29, 0.717) is 23.7 Å². The van der Waals surface area contributed by atoms with E-state index in [-0.39, 0.29) is 5.57 Å². The van der Waals surface area contributed by atoms with Crippen molar-refractivity contribution in [2.75, 3.05) is 11.9 Å². The summed E-state index contributed by atoms with van der Waals surface area (Å²) in [6.07, 6.45) is 3.96. The topological polar surface area (TPSA) is 75.0 Å². The van der Waals surface area contributed by atoms with Crippen molar-refractivity contribution in [3.63, 3.8) is 0 Å². The van der Waals surface area contributed by atoms with Crippen LogP contribution < -0.4 is 10.1 Å². The molecule has 1 amide bonds. The number of aromatic nitrogens is 1.